The molecule has 0 spiro atoms. The summed E-state index contributed by atoms with van der Waals surface area (Å²) in [4.78, 5) is 2.57. The van der Waals surface area contributed by atoms with Crippen LogP contribution in [0.1, 0.15) is 39.5 Å². The summed E-state index contributed by atoms with van der Waals surface area (Å²) >= 11 is 0. The Kier molecular flexibility index (Phi) is 2.94. The van der Waals surface area contributed by atoms with E-state index in [0.29, 0.717) is 5.54 Å². The largest absolute Gasteiger partial charge is 0.298 e. The smallest absolute Gasteiger partial charge is 0.0153 e. The minimum absolute atomic E-state index is 0.334. The molecule has 1 aliphatic heterocycles. The molecule has 1 aliphatic rings. The van der Waals surface area contributed by atoms with Crippen LogP contribution in [0.5, 0.6) is 0 Å². The van der Waals surface area contributed by atoms with Gasteiger partial charge < -0.3 is 0 Å². The molecule has 1 radical (unpaired) electrons. The van der Waals surface area contributed by atoms with Gasteiger partial charge in [0.1, 0.15) is 0 Å². The van der Waals surface area contributed by atoms with Gasteiger partial charge in [0.2, 0.25) is 0 Å². The molecular weight excluding hydrogens is 134 g/mol. The molecule has 0 unspecified atom stereocenters. The molecule has 0 N–H and O–H groups in total. The highest BCUT2D eigenvalue weighted by molar-refractivity contribution is 4.83. The molecule has 0 amide bonds. The molecule has 0 aromatic heterocycles. The SMILES string of the molecule is [CH2]CC(C)(C)N1CCCCC1. The highest BCUT2D eigenvalue weighted by Gasteiger charge is 2.25. The molecule has 1 fully saturated rings. The van der Waals surface area contributed by atoms with Crippen LogP contribution in [0.4, 0.5) is 0 Å². The molecule has 1 saturated heterocycles. The molecule has 0 atom stereocenters. The zero-order chi connectivity index (χ0) is 8.32. The molecule has 1 heteroatoms. The van der Waals surface area contributed by atoms with Gasteiger partial charge in [0, 0.05) is 5.54 Å². The van der Waals surface area contributed by atoms with E-state index in [2.05, 4.69) is 25.7 Å². The molecule has 1 rings (SSSR count). The highest BCUT2D eigenvalue weighted by atomic mass is 15.2. The summed E-state index contributed by atoms with van der Waals surface area (Å²) in [5.41, 5.74) is 0.334. The number of rotatable bonds is 2. The van der Waals surface area contributed by atoms with Crippen molar-refractivity contribution >= 4 is 0 Å². The van der Waals surface area contributed by atoms with Crippen LogP contribution < -0.4 is 0 Å². The zero-order valence-corrected chi connectivity index (χ0v) is 7.90. The summed E-state index contributed by atoms with van der Waals surface area (Å²) in [5.74, 6) is 0. The predicted octanol–water partition coefficient (Wildman–Crippen LogP) is 2.48. The third-order valence-corrected chi connectivity index (χ3v) is 2.82. The average molecular weight is 154 g/mol. The van der Waals surface area contributed by atoms with Gasteiger partial charge in [0.15, 0.2) is 0 Å². The third kappa shape index (κ3) is 2.19. The van der Waals surface area contributed by atoms with Crippen molar-refractivity contribution in [1.82, 2.24) is 4.90 Å². The second-order valence-corrected chi connectivity index (χ2v) is 4.11. The Balaban J connectivity index is 2.43. The van der Waals surface area contributed by atoms with Gasteiger partial charge in [-0.2, -0.15) is 0 Å². The zero-order valence-electron chi connectivity index (χ0n) is 7.90. The molecule has 1 heterocycles. The molecule has 0 saturated carbocycles. The number of hydrogen-bond donors (Lipinski definition) is 0. The van der Waals surface area contributed by atoms with Gasteiger partial charge in [0.05, 0.1) is 0 Å². The van der Waals surface area contributed by atoms with Gasteiger partial charge in [-0.25, -0.2) is 0 Å². The summed E-state index contributed by atoms with van der Waals surface area (Å²) in [5, 5.41) is 0. The van der Waals surface area contributed by atoms with E-state index >= 15 is 0 Å². The minimum Gasteiger partial charge on any atom is -0.298 e. The van der Waals surface area contributed by atoms with Crippen LogP contribution >= 0.6 is 0 Å². The second-order valence-electron chi connectivity index (χ2n) is 4.11. The second kappa shape index (κ2) is 3.57. The van der Waals surface area contributed by atoms with E-state index in [4.69, 9.17) is 0 Å². The van der Waals surface area contributed by atoms with Gasteiger partial charge in [-0.15, -0.1) is 0 Å². The fraction of sp³-hybridized carbons (Fsp3) is 0.900. The fourth-order valence-electron chi connectivity index (χ4n) is 1.66. The lowest BCUT2D eigenvalue weighted by Crippen LogP contribution is -2.46. The number of nitrogens with zero attached hydrogens (tertiary/aromatic N) is 1. The average Bonchev–Trinajstić information content (AvgIpc) is 2.06. The van der Waals surface area contributed by atoms with E-state index in [-0.39, 0.29) is 0 Å². The Morgan fingerprint density at radius 2 is 1.73 bits per heavy atom. The maximum atomic E-state index is 3.99. The van der Waals surface area contributed by atoms with Crippen LogP contribution in [0.25, 0.3) is 0 Å². The van der Waals surface area contributed by atoms with Crippen LogP contribution in [0.15, 0.2) is 0 Å². The lowest BCUT2D eigenvalue weighted by Gasteiger charge is -2.40. The molecule has 65 valence electrons. The van der Waals surface area contributed by atoms with Gasteiger partial charge in [-0.05, 0) is 46.2 Å². The molecule has 11 heavy (non-hydrogen) atoms. The molecule has 0 aromatic carbocycles. The number of hydrogen-bond acceptors (Lipinski definition) is 1. The Bertz CT molecular complexity index is 112. The molecule has 0 bridgehead atoms. The normalized spacial score (nSPS) is 22.1. The topological polar surface area (TPSA) is 3.24 Å². The maximum absolute atomic E-state index is 3.99. The molecule has 0 aromatic rings. The monoisotopic (exact) mass is 154 g/mol. The standard InChI is InChI=1S/C10H20N/c1-4-10(2,3)11-8-6-5-7-9-11/h1,4-9H2,2-3H3. The fourth-order valence-corrected chi connectivity index (χ4v) is 1.66. The van der Waals surface area contributed by atoms with E-state index < -0.39 is 0 Å². The van der Waals surface area contributed by atoms with Crippen LogP contribution in [0, 0.1) is 6.92 Å². The van der Waals surface area contributed by atoms with Crippen LogP contribution in [0.3, 0.4) is 0 Å². The van der Waals surface area contributed by atoms with Gasteiger partial charge in [0.25, 0.3) is 0 Å². The van der Waals surface area contributed by atoms with E-state index in [1.807, 2.05) is 0 Å². The molecule has 1 nitrogen and oxygen atoms in total. The van der Waals surface area contributed by atoms with E-state index in [9.17, 15) is 0 Å². The van der Waals surface area contributed by atoms with Crippen molar-refractivity contribution < 1.29 is 0 Å². The summed E-state index contributed by atoms with van der Waals surface area (Å²) < 4.78 is 0. The van der Waals surface area contributed by atoms with Crippen LogP contribution in [-0.4, -0.2) is 23.5 Å². The highest BCUT2D eigenvalue weighted by Crippen LogP contribution is 2.22. The number of piperidine rings is 1. The van der Waals surface area contributed by atoms with Crippen molar-refractivity contribution in [3.8, 4) is 0 Å². The predicted molar refractivity (Wildman–Crippen MR) is 49.5 cm³/mol. The van der Waals surface area contributed by atoms with Gasteiger partial charge in [-0.3, -0.25) is 4.90 Å². The first-order valence-electron chi connectivity index (χ1n) is 4.71. The summed E-state index contributed by atoms with van der Waals surface area (Å²) in [6.45, 7) is 11.1. The van der Waals surface area contributed by atoms with Crippen molar-refractivity contribution in [2.45, 2.75) is 45.1 Å². The van der Waals surface area contributed by atoms with Crippen molar-refractivity contribution in [2.75, 3.05) is 13.1 Å². The Morgan fingerprint density at radius 1 is 1.18 bits per heavy atom. The first-order valence-corrected chi connectivity index (χ1v) is 4.71. The van der Waals surface area contributed by atoms with E-state index in [0.717, 1.165) is 6.42 Å². The summed E-state index contributed by atoms with van der Waals surface area (Å²) in [6.07, 6.45) is 5.20. The Morgan fingerprint density at radius 3 is 2.18 bits per heavy atom. The lowest BCUT2D eigenvalue weighted by atomic mass is 9.96. The van der Waals surface area contributed by atoms with Gasteiger partial charge in [-0.1, -0.05) is 13.3 Å². The van der Waals surface area contributed by atoms with Crippen molar-refractivity contribution in [3.05, 3.63) is 6.92 Å². The summed E-state index contributed by atoms with van der Waals surface area (Å²) in [7, 11) is 0. The first-order chi connectivity index (χ1) is 5.17. The van der Waals surface area contributed by atoms with Crippen LogP contribution in [0.2, 0.25) is 0 Å². The number of likely N-dealkylation sites (tertiary alicyclic amines) is 1. The van der Waals surface area contributed by atoms with Gasteiger partial charge >= 0.3 is 0 Å². The summed E-state index contributed by atoms with van der Waals surface area (Å²) in [6, 6.07) is 0. The molecular formula is C10H20N. The quantitative estimate of drug-likeness (QED) is 0.590. The van der Waals surface area contributed by atoms with E-state index in [1.54, 1.807) is 0 Å². The van der Waals surface area contributed by atoms with Crippen molar-refractivity contribution in [2.24, 2.45) is 0 Å². The Hall–Kier alpha value is -0.0400. The van der Waals surface area contributed by atoms with Crippen LogP contribution in [-0.2, 0) is 0 Å². The van der Waals surface area contributed by atoms with Crippen molar-refractivity contribution in [3.63, 3.8) is 0 Å². The Labute approximate surface area is 70.8 Å². The first kappa shape index (κ1) is 9.05. The third-order valence-electron chi connectivity index (χ3n) is 2.82. The minimum atomic E-state index is 0.334. The van der Waals surface area contributed by atoms with Crippen molar-refractivity contribution in [1.29, 1.82) is 0 Å². The molecule has 0 aliphatic carbocycles. The maximum Gasteiger partial charge on any atom is 0.0153 e. The van der Waals surface area contributed by atoms with E-state index in [1.165, 1.54) is 32.4 Å². The lowest BCUT2D eigenvalue weighted by molar-refractivity contribution is 0.0972.